The van der Waals surface area contributed by atoms with Gasteiger partial charge in [-0.3, -0.25) is 4.90 Å². The maximum Gasteiger partial charge on any atom is 0.415 e. The van der Waals surface area contributed by atoms with Crippen LogP contribution in [0.1, 0.15) is 37.8 Å². The molecule has 2 aromatic rings. The number of hydrogen-bond acceptors (Lipinski definition) is 3. The smallest absolute Gasteiger partial charge is 0.415 e. The summed E-state index contributed by atoms with van der Waals surface area (Å²) in [5, 5.41) is 0.463. The molecule has 0 saturated carbocycles. The Morgan fingerprint density at radius 2 is 1.58 bits per heavy atom. The van der Waals surface area contributed by atoms with Crippen LogP contribution in [0.25, 0.3) is 0 Å². The quantitative estimate of drug-likeness (QED) is 0.341. The predicted octanol–water partition coefficient (Wildman–Crippen LogP) is 6.74. The third-order valence-electron chi connectivity index (χ3n) is 6.27. The van der Waals surface area contributed by atoms with Gasteiger partial charge in [-0.25, -0.2) is 4.79 Å². The molecule has 0 aromatic heterocycles. The average molecular weight is 458 g/mol. The lowest BCUT2D eigenvalue weighted by Gasteiger charge is -2.37. The summed E-state index contributed by atoms with van der Waals surface area (Å²) < 4.78 is 11.8. The summed E-state index contributed by atoms with van der Waals surface area (Å²) in [5.74, 6) is -0.131. The summed E-state index contributed by atoms with van der Waals surface area (Å²) >= 11 is 6.93. The van der Waals surface area contributed by atoms with Gasteiger partial charge in [-0.15, -0.1) is 0 Å². The molecule has 3 rings (SSSR count). The van der Waals surface area contributed by atoms with Crippen molar-refractivity contribution in [1.82, 2.24) is 4.90 Å². The standard InChI is InChI=1S/C25H32ClNO3Si/c1-25(2,3)31(4,5)30-18-21(23(26)27-16-17-29-24(27)28)22(19-12-8-6-9-13-19)20-14-10-7-11-15-20/h6-15,22H,16-18H2,1-5H3/b23-21-. The highest BCUT2D eigenvalue weighted by molar-refractivity contribution is 6.74. The first-order chi connectivity index (χ1) is 14.6. The van der Waals surface area contributed by atoms with Crippen molar-refractivity contribution in [2.75, 3.05) is 19.8 Å². The monoisotopic (exact) mass is 457 g/mol. The van der Waals surface area contributed by atoms with Gasteiger partial charge in [-0.1, -0.05) is 93.0 Å². The van der Waals surface area contributed by atoms with Crippen molar-refractivity contribution < 1.29 is 14.0 Å². The number of rotatable bonds is 7. The largest absolute Gasteiger partial charge is 0.447 e. The molecule has 0 unspecified atom stereocenters. The summed E-state index contributed by atoms with van der Waals surface area (Å²) in [6.07, 6.45) is -0.408. The Morgan fingerprint density at radius 1 is 1.06 bits per heavy atom. The zero-order chi connectivity index (χ0) is 22.6. The summed E-state index contributed by atoms with van der Waals surface area (Å²) in [6, 6.07) is 20.5. The van der Waals surface area contributed by atoms with Crippen molar-refractivity contribution in [1.29, 1.82) is 0 Å². The zero-order valence-electron chi connectivity index (χ0n) is 19.0. The molecule has 1 amide bonds. The number of cyclic esters (lactones) is 1. The highest BCUT2D eigenvalue weighted by Gasteiger charge is 2.39. The van der Waals surface area contributed by atoms with Crippen LogP contribution in [0, 0.1) is 0 Å². The van der Waals surface area contributed by atoms with Gasteiger partial charge in [0.25, 0.3) is 0 Å². The summed E-state index contributed by atoms with van der Waals surface area (Å²) in [5.41, 5.74) is 3.09. The molecule has 0 spiro atoms. The van der Waals surface area contributed by atoms with Gasteiger partial charge >= 0.3 is 6.09 Å². The molecule has 1 saturated heterocycles. The zero-order valence-corrected chi connectivity index (χ0v) is 20.8. The number of halogens is 1. The van der Waals surface area contributed by atoms with E-state index < -0.39 is 14.4 Å². The van der Waals surface area contributed by atoms with Crippen LogP contribution in [0.5, 0.6) is 0 Å². The molecular weight excluding hydrogens is 426 g/mol. The summed E-state index contributed by atoms with van der Waals surface area (Å²) in [6.45, 7) is 12.2. The molecule has 2 aromatic carbocycles. The van der Waals surface area contributed by atoms with E-state index in [0.29, 0.717) is 24.9 Å². The second-order valence-electron chi connectivity index (χ2n) is 9.39. The van der Waals surface area contributed by atoms with Gasteiger partial charge in [-0.05, 0) is 29.3 Å². The lowest BCUT2D eigenvalue weighted by molar-refractivity contribution is 0.165. The molecule has 0 aliphatic carbocycles. The predicted molar refractivity (Wildman–Crippen MR) is 129 cm³/mol. The lowest BCUT2D eigenvalue weighted by atomic mass is 9.85. The van der Waals surface area contributed by atoms with E-state index in [4.69, 9.17) is 20.8 Å². The van der Waals surface area contributed by atoms with Gasteiger partial charge in [0, 0.05) is 11.5 Å². The molecule has 1 aliphatic rings. The maximum absolute atomic E-state index is 12.3. The Hall–Kier alpha value is -2.08. The van der Waals surface area contributed by atoms with Crippen LogP contribution in [0.2, 0.25) is 18.1 Å². The van der Waals surface area contributed by atoms with Gasteiger partial charge < -0.3 is 9.16 Å². The van der Waals surface area contributed by atoms with Crippen molar-refractivity contribution in [2.24, 2.45) is 0 Å². The number of ether oxygens (including phenoxy) is 1. The maximum atomic E-state index is 12.3. The first-order valence-corrected chi connectivity index (χ1v) is 14.0. The number of carbonyl (C=O) groups is 1. The third kappa shape index (κ3) is 5.40. The molecule has 0 radical (unpaired) electrons. The van der Waals surface area contributed by atoms with Crippen molar-refractivity contribution in [3.05, 3.63) is 82.5 Å². The summed E-state index contributed by atoms with van der Waals surface area (Å²) in [4.78, 5) is 13.8. The fourth-order valence-corrected chi connectivity index (χ4v) is 4.63. The van der Waals surface area contributed by atoms with Crippen LogP contribution in [-0.4, -0.2) is 39.1 Å². The average Bonchev–Trinajstić information content (AvgIpc) is 3.17. The van der Waals surface area contributed by atoms with E-state index in [1.165, 1.54) is 4.90 Å². The van der Waals surface area contributed by atoms with E-state index >= 15 is 0 Å². The Morgan fingerprint density at radius 3 is 2.00 bits per heavy atom. The van der Waals surface area contributed by atoms with E-state index in [1.807, 2.05) is 36.4 Å². The van der Waals surface area contributed by atoms with Gasteiger partial charge in [0.15, 0.2) is 8.32 Å². The fraction of sp³-hybridized carbons (Fsp3) is 0.400. The minimum Gasteiger partial charge on any atom is -0.447 e. The van der Waals surface area contributed by atoms with Crippen LogP contribution >= 0.6 is 11.6 Å². The Balaban J connectivity index is 2.11. The fourth-order valence-electron chi connectivity index (χ4n) is 3.37. The summed E-state index contributed by atoms with van der Waals surface area (Å²) in [7, 11) is -2.05. The first kappa shape index (κ1) is 23.6. The van der Waals surface area contributed by atoms with Gasteiger partial charge in [0.05, 0.1) is 13.2 Å². The Kier molecular flexibility index (Phi) is 7.30. The van der Waals surface area contributed by atoms with Crippen LogP contribution in [-0.2, 0) is 9.16 Å². The molecule has 166 valence electrons. The molecule has 0 atom stereocenters. The molecule has 0 bridgehead atoms. The van der Waals surface area contributed by atoms with E-state index in [2.05, 4.69) is 58.1 Å². The molecule has 1 heterocycles. The minimum absolute atomic E-state index is 0.0617. The van der Waals surface area contributed by atoms with Crippen LogP contribution in [0.4, 0.5) is 4.79 Å². The van der Waals surface area contributed by atoms with Crippen molar-refractivity contribution in [3.8, 4) is 0 Å². The number of benzene rings is 2. The Labute approximate surface area is 191 Å². The molecule has 1 aliphatic heterocycles. The van der Waals surface area contributed by atoms with E-state index in [-0.39, 0.29) is 11.0 Å². The van der Waals surface area contributed by atoms with Gasteiger partial charge in [-0.2, -0.15) is 0 Å². The molecule has 1 fully saturated rings. The van der Waals surface area contributed by atoms with Crippen LogP contribution in [0.15, 0.2) is 71.4 Å². The van der Waals surface area contributed by atoms with Gasteiger partial charge in [0.2, 0.25) is 0 Å². The normalized spacial score (nSPS) is 15.8. The van der Waals surface area contributed by atoms with Crippen LogP contribution in [0.3, 0.4) is 0 Å². The lowest BCUT2D eigenvalue weighted by Crippen LogP contribution is -2.41. The SMILES string of the molecule is CC(C)(C)[Si](C)(C)OC/C(=C(\Cl)N1CCOC1=O)C(c1ccccc1)c1ccccc1. The minimum atomic E-state index is -2.05. The molecule has 31 heavy (non-hydrogen) atoms. The number of hydrogen-bond donors (Lipinski definition) is 0. The van der Waals surface area contributed by atoms with E-state index in [1.54, 1.807) is 0 Å². The number of carbonyl (C=O) groups excluding carboxylic acids is 1. The number of amides is 1. The number of nitrogens with zero attached hydrogens (tertiary/aromatic N) is 1. The molecule has 6 heteroatoms. The Bertz CT molecular complexity index is 883. The third-order valence-corrected chi connectivity index (χ3v) is 11.2. The van der Waals surface area contributed by atoms with E-state index in [0.717, 1.165) is 16.7 Å². The second-order valence-corrected chi connectivity index (χ2v) is 14.6. The molecule has 0 N–H and O–H groups in total. The van der Waals surface area contributed by atoms with Gasteiger partial charge in [0.1, 0.15) is 11.8 Å². The molecule has 4 nitrogen and oxygen atoms in total. The highest BCUT2D eigenvalue weighted by atomic mass is 35.5. The van der Waals surface area contributed by atoms with E-state index in [9.17, 15) is 4.79 Å². The second kappa shape index (κ2) is 9.59. The highest BCUT2D eigenvalue weighted by Crippen LogP contribution is 2.40. The molecular formula is C25H32ClNO3Si. The van der Waals surface area contributed by atoms with Crippen molar-refractivity contribution >= 4 is 26.0 Å². The van der Waals surface area contributed by atoms with Crippen molar-refractivity contribution in [3.63, 3.8) is 0 Å². The topological polar surface area (TPSA) is 38.8 Å². The van der Waals surface area contributed by atoms with Crippen molar-refractivity contribution in [2.45, 2.75) is 44.8 Å². The van der Waals surface area contributed by atoms with Crippen LogP contribution < -0.4 is 0 Å². The first-order valence-electron chi connectivity index (χ1n) is 10.7.